The molecule has 2 aromatic carbocycles. The molecule has 1 saturated heterocycles. The molecule has 4 nitrogen and oxygen atoms in total. The van der Waals surface area contributed by atoms with Gasteiger partial charge in [-0.3, -0.25) is 4.79 Å². The summed E-state index contributed by atoms with van der Waals surface area (Å²) in [6.07, 6.45) is 0.177. The van der Waals surface area contributed by atoms with Crippen LogP contribution in [0, 0.1) is 5.82 Å². The monoisotopic (exact) mass is 343 g/mol. The number of carbonyl (C=O) groups is 1. The Morgan fingerprint density at radius 2 is 1.88 bits per heavy atom. The van der Waals surface area contributed by atoms with Crippen LogP contribution in [0.3, 0.4) is 0 Å². The Kier molecular flexibility index (Phi) is 5.34. The van der Waals surface area contributed by atoms with Gasteiger partial charge in [-0.05, 0) is 48.7 Å². The summed E-state index contributed by atoms with van der Waals surface area (Å²) in [6, 6.07) is 13.4. The summed E-state index contributed by atoms with van der Waals surface area (Å²) in [5, 5.41) is 10.0. The molecule has 3 rings (SSSR count). The van der Waals surface area contributed by atoms with Crippen LogP contribution < -0.4 is 4.74 Å². The summed E-state index contributed by atoms with van der Waals surface area (Å²) in [7, 11) is 0. The van der Waals surface area contributed by atoms with Gasteiger partial charge in [-0.15, -0.1) is 0 Å². The molecule has 1 amide bonds. The second kappa shape index (κ2) is 7.66. The SMILES string of the molecule is CCOc1ccc(CC(=O)N2C[C@H](O)C[C@H]2c2ccc(F)cc2)cc1. The Hall–Kier alpha value is -2.40. The zero-order valence-electron chi connectivity index (χ0n) is 14.2. The minimum Gasteiger partial charge on any atom is -0.494 e. The molecule has 1 N–H and O–H groups in total. The summed E-state index contributed by atoms with van der Waals surface area (Å²) < 4.78 is 18.5. The van der Waals surface area contributed by atoms with Crippen LogP contribution in [0.15, 0.2) is 48.5 Å². The van der Waals surface area contributed by atoms with Crippen LogP contribution in [0.2, 0.25) is 0 Å². The lowest BCUT2D eigenvalue weighted by Gasteiger charge is -2.25. The normalized spacial score (nSPS) is 19.9. The molecule has 0 spiro atoms. The lowest BCUT2D eigenvalue weighted by molar-refractivity contribution is -0.131. The first kappa shape index (κ1) is 17.4. The molecule has 0 aliphatic carbocycles. The summed E-state index contributed by atoms with van der Waals surface area (Å²) in [6.45, 7) is 2.83. The number of β-amino-alcohol motifs (C(OH)–C–C–N with tert-alkyl or cyclic N) is 1. The van der Waals surface area contributed by atoms with Gasteiger partial charge in [0.05, 0.1) is 25.2 Å². The zero-order chi connectivity index (χ0) is 17.8. The van der Waals surface area contributed by atoms with E-state index in [9.17, 15) is 14.3 Å². The first-order valence-corrected chi connectivity index (χ1v) is 8.51. The molecule has 25 heavy (non-hydrogen) atoms. The molecule has 1 heterocycles. The molecule has 0 saturated carbocycles. The Morgan fingerprint density at radius 3 is 2.52 bits per heavy atom. The van der Waals surface area contributed by atoms with Crippen molar-refractivity contribution in [3.63, 3.8) is 0 Å². The average molecular weight is 343 g/mol. The Labute approximate surface area is 146 Å². The van der Waals surface area contributed by atoms with Crippen molar-refractivity contribution < 1.29 is 19.0 Å². The van der Waals surface area contributed by atoms with Gasteiger partial charge < -0.3 is 14.7 Å². The number of carbonyl (C=O) groups excluding carboxylic acids is 1. The van der Waals surface area contributed by atoms with Gasteiger partial charge in [0.1, 0.15) is 11.6 Å². The van der Waals surface area contributed by atoms with Crippen LogP contribution in [-0.2, 0) is 11.2 Å². The zero-order valence-corrected chi connectivity index (χ0v) is 14.2. The van der Waals surface area contributed by atoms with E-state index in [2.05, 4.69) is 0 Å². The summed E-state index contributed by atoms with van der Waals surface area (Å²) in [5.74, 6) is 0.420. The fraction of sp³-hybridized carbons (Fsp3) is 0.350. The van der Waals surface area contributed by atoms with Gasteiger partial charge in [-0.25, -0.2) is 4.39 Å². The van der Waals surface area contributed by atoms with E-state index >= 15 is 0 Å². The molecule has 1 aliphatic heterocycles. The third kappa shape index (κ3) is 4.17. The van der Waals surface area contributed by atoms with Crippen LogP contribution in [0.1, 0.15) is 30.5 Å². The Bertz CT molecular complexity index is 715. The number of aliphatic hydroxyl groups is 1. The van der Waals surface area contributed by atoms with Crippen LogP contribution in [0.25, 0.3) is 0 Å². The highest BCUT2D eigenvalue weighted by atomic mass is 19.1. The number of hydrogen-bond donors (Lipinski definition) is 1. The third-order valence-corrected chi connectivity index (χ3v) is 4.44. The quantitative estimate of drug-likeness (QED) is 0.908. The molecule has 5 heteroatoms. The van der Waals surface area contributed by atoms with E-state index in [0.717, 1.165) is 16.9 Å². The molecule has 2 atom stereocenters. The van der Waals surface area contributed by atoms with Gasteiger partial charge in [0.25, 0.3) is 0 Å². The number of aliphatic hydroxyl groups excluding tert-OH is 1. The van der Waals surface area contributed by atoms with E-state index in [1.807, 2.05) is 31.2 Å². The summed E-state index contributed by atoms with van der Waals surface area (Å²) in [4.78, 5) is 14.4. The first-order chi connectivity index (χ1) is 12.1. The largest absolute Gasteiger partial charge is 0.494 e. The van der Waals surface area contributed by atoms with Gasteiger partial charge in [-0.1, -0.05) is 24.3 Å². The van der Waals surface area contributed by atoms with Crippen LogP contribution in [0.4, 0.5) is 4.39 Å². The molecule has 1 fully saturated rings. The molecule has 0 radical (unpaired) electrons. The third-order valence-electron chi connectivity index (χ3n) is 4.44. The lowest BCUT2D eigenvalue weighted by atomic mass is 10.0. The molecule has 0 bridgehead atoms. The molecular formula is C20H22FNO3. The highest BCUT2D eigenvalue weighted by Gasteiger charge is 2.35. The van der Waals surface area contributed by atoms with Gasteiger partial charge in [-0.2, -0.15) is 0 Å². The highest BCUT2D eigenvalue weighted by Crippen LogP contribution is 2.32. The van der Waals surface area contributed by atoms with Crippen molar-refractivity contribution in [2.24, 2.45) is 0 Å². The lowest BCUT2D eigenvalue weighted by Crippen LogP contribution is -2.33. The van der Waals surface area contributed by atoms with Crippen molar-refractivity contribution in [1.29, 1.82) is 0 Å². The van der Waals surface area contributed by atoms with Crippen molar-refractivity contribution in [3.8, 4) is 5.75 Å². The summed E-state index contributed by atoms with van der Waals surface area (Å²) in [5.41, 5.74) is 1.74. The molecular weight excluding hydrogens is 321 g/mol. The van der Waals surface area contributed by atoms with Gasteiger partial charge in [0.2, 0.25) is 5.91 Å². The average Bonchev–Trinajstić information content (AvgIpc) is 2.99. The van der Waals surface area contributed by atoms with E-state index in [1.54, 1.807) is 17.0 Å². The number of likely N-dealkylation sites (tertiary alicyclic amines) is 1. The smallest absolute Gasteiger partial charge is 0.227 e. The van der Waals surface area contributed by atoms with Crippen molar-refractivity contribution in [2.75, 3.05) is 13.2 Å². The predicted molar refractivity (Wildman–Crippen MR) is 92.8 cm³/mol. The van der Waals surface area contributed by atoms with Crippen molar-refractivity contribution in [2.45, 2.75) is 31.9 Å². The highest BCUT2D eigenvalue weighted by molar-refractivity contribution is 5.79. The van der Waals surface area contributed by atoms with Gasteiger partial charge in [0.15, 0.2) is 0 Å². The van der Waals surface area contributed by atoms with E-state index < -0.39 is 6.10 Å². The van der Waals surface area contributed by atoms with E-state index in [-0.39, 0.29) is 24.2 Å². The van der Waals surface area contributed by atoms with Crippen LogP contribution in [-0.4, -0.2) is 35.2 Å². The minimum absolute atomic E-state index is 0.0463. The van der Waals surface area contributed by atoms with Crippen LogP contribution in [0.5, 0.6) is 5.75 Å². The molecule has 0 aromatic heterocycles. The molecule has 0 unspecified atom stereocenters. The number of hydrogen-bond acceptors (Lipinski definition) is 3. The van der Waals surface area contributed by atoms with Crippen molar-refractivity contribution in [1.82, 2.24) is 4.90 Å². The first-order valence-electron chi connectivity index (χ1n) is 8.51. The Morgan fingerprint density at radius 1 is 1.20 bits per heavy atom. The Balaban J connectivity index is 1.71. The number of amides is 1. The maximum Gasteiger partial charge on any atom is 0.227 e. The van der Waals surface area contributed by atoms with Crippen molar-refractivity contribution in [3.05, 3.63) is 65.5 Å². The predicted octanol–water partition coefficient (Wildman–Crippen LogP) is 3.10. The van der Waals surface area contributed by atoms with Crippen LogP contribution >= 0.6 is 0 Å². The van der Waals surface area contributed by atoms with Gasteiger partial charge in [0, 0.05) is 6.54 Å². The fourth-order valence-electron chi connectivity index (χ4n) is 3.24. The van der Waals surface area contributed by atoms with E-state index in [1.165, 1.54) is 12.1 Å². The second-order valence-electron chi connectivity index (χ2n) is 6.26. The molecule has 132 valence electrons. The van der Waals surface area contributed by atoms with Crippen molar-refractivity contribution >= 4 is 5.91 Å². The second-order valence-corrected chi connectivity index (χ2v) is 6.26. The minimum atomic E-state index is -0.556. The number of benzene rings is 2. The van der Waals surface area contributed by atoms with E-state index in [0.29, 0.717) is 19.6 Å². The molecule has 1 aliphatic rings. The molecule has 2 aromatic rings. The topological polar surface area (TPSA) is 49.8 Å². The standard InChI is InChI=1S/C20H22FNO3/c1-2-25-18-9-3-14(4-10-18)11-20(24)22-13-17(23)12-19(22)15-5-7-16(21)8-6-15/h3-10,17,19,23H,2,11-13H2,1H3/t17-,19+/m1/s1. The van der Waals surface area contributed by atoms with Gasteiger partial charge >= 0.3 is 0 Å². The number of ether oxygens (including phenoxy) is 1. The maximum atomic E-state index is 13.1. The number of halogens is 1. The van der Waals surface area contributed by atoms with E-state index in [4.69, 9.17) is 4.74 Å². The maximum absolute atomic E-state index is 13.1. The fourth-order valence-corrected chi connectivity index (χ4v) is 3.24. The summed E-state index contributed by atoms with van der Waals surface area (Å²) >= 11 is 0. The number of nitrogens with zero attached hydrogens (tertiary/aromatic N) is 1. The number of rotatable bonds is 5.